The van der Waals surface area contributed by atoms with Crippen molar-refractivity contribution in [1.29, 1.82) is 0 Å². The first kappa shape index (κ1) is 17.8. The van der Waals surface area contributed by atoms with Gasteiger partial charge in [-0.2, -0.15) is 0 Å². The van der Waals surface area contributed by atoms with Gasteiger partial charge < -0.3 is 10.1 Å². The van der Waals surface area contributed by atoms with E-state index < -0.39 is 5.97 Å². The highest BCUT2D eigenvalue weighted by molar-refractivity contribution is 7.99. The van der Waals surface area contributed by atoms with Gasteiger partial charge in [0.1, 0.15) is 0 Å². The number of rotatable bonds is 6. The zero-order chi connectivity index (χ0) is 18.0. The van der Waals surface area contributed by atoms with Gasteiger partial charge in [-0.1, -0.05) is 61.5 Å². The highest BCUT2D eigenvalue weighted by Gasteiger charge is 2.11. The Hall–Kier alpha value is -1.98. The molecule has 0 amide bonds. The molecule has 3 rings (SSSR count). The fourth-order valence-corrected chi connectivity index (χ4v) is 3.60. The molecule has 2 aromatic carbocycles. The molecule has 3 aromatic rings. The van der Waals surface area contributed by atoms with Crippen molar-refractivity contribution in [2.45, 2.75) is 25.4 Å². The molecule has 0 saturated carbocycles. The molecule has 6 heteroatoms. The lowest BCUT2D eigenvalue weighted by atomic mass is 9.99. The van der Waals surface area contributed by atoms with Crippen molar-refractivity contribution in [3.63, 3.8) is 0 Å². The summed E-state index contributed by atoms with van der Waals surface area (Å²) in [4.78, 5) is 18.3. The Morgan fingerprint density at radius 2 is 2.00 bits per heavy atom. The number of nitrogens with one attached hydrogen (secondary N) is 1. The normalized spacial score (nSPS) is 11.4. The van der Waals surface area contributed by atoms with E-state index >= 15 is 0 Å². The number of thioether (sulfide) groups is 1. The molecule has 0 saturated heterocycles. The van der Waals surface area contributed by atoms with Gasteiger partial charge in [-0.05, 0) is 35.6 Å². The van der Waals surface area contributed by atoms with Crippen LogP contribution in [0.2, 0.25) is 5.02 Å². The average Bonchev–Trinajstić information content (AvgIpc) is 2.94. The summed E-state index contributed by atoms with van der Waals surface area (Å²) < 4.78 is 0. The van der Waals surface area contributed by atoms with E-state index in [1.54, 1.807) is 0 Å². The van der Waals surface area contributed by atoms with E-state index in [4.69, 9.17) is 16.7 Å². The Morgan fingerprint density at radius 1 is 1.28 bits per heavy atom. The van der Waals surface area contributed by atoms with Crippen molar-refractivity contribution in [2.75, 3.05) is 5.75 Å². The molecule has 0 spiro atoms. The summed E-state index contributed by atoms with van der Waals surface area (Å²) in [5, 5.41) is 10.0. The van der Waals surface area contributed by atoms with E-state index in [0.29, 0.717) is 16.1 Å². The minimum atomic E-state index is -0.870. The van der Waals surface area contributed by atoms with Gasteiger partial charge in [0.05, 0.1) is 21.8 Å². The average molecular weight is 375 g/mol. The summed E-state index contributed by atoms with van der Waals surface area (Å²) in [6.45, 7) is 4.41. The summed E-state index contributed by atoms with van der Waals surface area (Å²) in [6, 6.07) is 12.2. The first-order chi connectivity index (χ1) is 11.9. The largest absolute Gasteiger partial charge is 0.481 e. The fourth-order valence-electron chi connectivity index (χ4n) is 2.72. The Bertz CT molecular complexity index is 904. The van der Waals surface area contributed by atoms with Gasteiger partial charge in [-0.15, -0.1) is 0 Å². The number of hydrogen-bond acceptors (Lipinski definition) is 3. The predicted molar refractivity (Wildman–Crippen MR) is 103 cm³/mol. The number of aromatic nitrogens is 2. The summed E-state index contributed by atoms with van der Waals surface area (Å²) >= 11 is 7.61. The van der Waals surface area contributed by atoms with Gasteiger partial charge in [0.15, 0.2) is 5.16 Å². The van der Waals surface area contributed by atoms with Crippen LogP contribution in [-0.2, 0) is 11.2 Å². The number of fused-ring (bicyclic) bond motifs is 1. The third-order valence-corrected chi connectivity index (χ3v) is 4.96. The molecular weight excluding hydrogens is 356 g/mol. The third kappa shape index (κ3) is 4.35. The second-order valence-electron chi connectivity index (χ2n) is 6.37. The van der Waals surface area contributed by atoms with E-state index in [1.807, 2.05) is 12.1 Å². The van der Waals surface area contributed by atoms with Crippen LogP contribution in [-0.4, -0.2) is 26.8 Å². The topological polar surface area (TPSA) is 66.0 Å². The predicted octanol–water partition coefficient (Wildman–Crippen LogP) is 5.26. The zero-order valence-electron chi connectivity index (χ0n) is 14.0. The van der Waals surface area contributed by atoms with Crippen molar-refractivity contribution in [3.05, 3.63) is 47.0 Å². The van der Waals surface area contributed by atoms with Crippen LogP contribution >= 0.6 is 23.4 Å². The highest BCUT2D eigenvalue weighted by Crippen LogP contribution is 2.32. The Morgan fingerprint density at radius 3 is 2.64 bits per heavy atom. The summed E-state index contributed by atoms with van der Waals surface area (Å²) in [6.07, 6.45) is 1.05. The second kappa shape index (κ2) is 7.50. The lowest BCUT2D eigenvalue weighted by Gasteiger charge is -2.08. The van der Waals surface area contributed by atoms with Gasteiger partial charge in [-0.25, -0.2) is 4.98 Å². The molecule has 25 heavy (non-hydrogen) atoms. The molecule has 0 bridgehead atoms. The Kier molecular flexibility index (Phi) is 5.35. The van der Waals surface area contributed by atoms with E-state index in [-0.39, 0.29) is 5.75 Å². The Balaban J connectivity index is 1.90. The number of aliphatic carboxylic acids is 1. The first-order valence-corrected chi connectivity index (χ1v) is 9.42. The number of carbonyl (C=O) groups is 1. The van der Waals surface area contributed by atoms with Crippen LogP contribution in [0.15, 0.2) is 41.6 Å². The fraction of sp³-hybridized carbons (Fsp3) is 0.263. The molecule has 0 aliphatic heterocycles. The molecule has 1 aromatic heterocycles. The molecule has 0 atom stereocenters. The van der Waals surface area contributed by atoms with Gasteiger partial charge >= 0.3 is 5.97 Å². The third-order valence-electron chi connectivity index (χ3n) is 3.79. The number of halogens is 1. The molecule has 0 unspecified atom stereocenters. The Labute approximate surface area is 155 Å². The first-order valence-electron chi connectivity index (χ1n) is 8.05. The number of carboxylic acids is 1. The molecule has 0 fully saturated rings. The maximum Gasteiger partial charge on any atom is 0.313 e. The molecule has 130 valence electrons. The van der Waals surface area contributed by atoms with Crippen molar-refractivity contribution in [2.24, 2.45) is 5.92 Å². The summed E-state index contributed by atoms with van der Waals surface area (Å²) in [5.74, 6) is -0.278. The van der Waals surface area contributed by atoms with Gasteiger partial charge in [-0.3, -0.25) is 4.79 Å². The van der Waals surface area contributed by atoms with Gasteiger partial charge in [0.25, 0.3) is 0 Å². The van der Waals surface area contributed by atoms with Crippen molar-refractivity contribution in [3.8, 4) is 11.1 Å². The maximum atomic E-state index is 10.7. The molecule has 4 nitrogen and oxygen atoms in total. The number of benzene rings is 2. The van der Waals surface area contributed by atoms with Crippen LogP contribution < -0.4 is 0 Å². The molecule has 0 radical (unpaired) electrons. The quantitative estimate of drug-likeness (QED) is 0.577. The number of aromatic amines is 1. The number of carboxylic acid groups (broad SMARTS) is 1. The van der Waals surface area contributed by atoms with Crippen LogP contribution in [0, 0.1) is 5.92 Å². The zero-order valence-corrected chi connectivity index (χ0v) is 15.6. The maximum absolute atomic E-state index is 10.7. The molecule has 1 heterocycles. The van der Waals surface area contributed by atoms with Crippen LogP contribution in [0.25, 0.3) is 22.2 Å². The van der Waals surface area contributed by atoms with Crippen LogP contribution in [0.4, 0.5) is 0 Å². The lowest BCUT2D eigenvalue weighted by molar-refractivity contribution is -0.133. The molecule has 0 aliphatic rings. The summed E-state index contributed by atoms with van der Waals surface area (Å²) in [5.41, 5.74) is 4.85. The number of nitrogens with zero attached hydrogens (tertiary/aromatic N) is 1. The van der Waals surface area contributed by atoms with Gasteiger partial charge in [0.2, 0.25) is 0 Å². The minimum Gasteiger partial charge on any atom is -0.481 e. The van der Waals surface area contributed by atoms with E-state index in [9.17, 15) is 4.79 Å². The van der Waals surface area contributed by atoms with E-state index in [0.717, 1.165) is 40.3 Å². The van der Waals surface area contributed by atoms with Crippen molar-refractivity contribution in [1.82, 2.24) is 9.97 Å². The van der Waals surface area contributed by atoms with E-state index in [2.05, 4.69) is 48.1 Å². The monoisotopic (exact) mass is 374 g/mol. The van der Waals surface area contributed by atoms with E-state index in [1.165, 1.54) is 5.56 Å². The minimum absolute atomic E-state index is 0.0300. The second-order valence-corrected chi connectivity index (χ2v) is 7.74. The number of hydrogen-bond donors (Lipinski definition) is 2. The molecular formula is C19H19ClN2O2S. The SMILES string of the molecule is CC(C)Cc1ccc(-c2cc3nc(SCC(=O)O)[nH]c3cc2Cl)cc1. The van der Waals surface area contributed by atoms with Crippen molar-refractivity contribution >= 4 is 40.4 Å². The van der Waals surface area contributed by atoms with Gasteiger partial charge in [0, 0.05) is 5.56 Å². The van der Waals surface area contributed by atoms with Crippen LogP contribution in [0.3, 0.4) is 0 Å². The van der Waals surface area contributed by atoms with Crippen molar-refractivity contribution < 1.29 is 9.90 Å². The molecule has 0 aliphatic carbocycles. The summed E-state index contributed by atoms with van der Waals surface area (Å²) in [7, 11) is 0. The molecule has 2 N–H and O–H groups in total. The number of imidazole rings is 1. The van der Waals surface area contributed by atoms with Crippen LogP contribution in [0.5, 0.6) is 0 Å². The lowest BCUT2D eigenvalue weighted by Crippen LogP contribution is -1.97. The smallest absolute Gasteiger partial charge is 0.313 e. The standard InChI is InChI=1S/C19H19ClN2O2S/c1-11(2)7-12-3-5-13(6-4-12)14-8-16-17(9-15(14)20)22-19(21-16)25-10-18(23)24/h3-6,8-9,11H,7,10H2,1-2H3,(H,21,22)(H,23,24). The van der Waals surface area contributed by atoms with Crippen LogP contribution in [0.1, 0.15) is 19.4 Å². The number of H-pyrrole nitrogens is 1. The highest BCUT2D eigenvalue weighted by atomic mass is 35.5.